The molecular formula is C21H33N3O5. The molecule has 1 aromatic carbocycles. The van der Waals surface area contributed by atoms with E-state index < -0.39 is 17.9 Å². The summed E-state index contributed by atoms with van der Waals surface area (Å²) in [5, 5.41) is 19.1. The summed E-state index contributed by atoms with van der Waals surface area (Å²) in [4.78, 5) is 28.8. The molecular weight excluding hydrogens is 374 g/mol. The lowest BCUT2D eigenvalue weighted by Crippen LogP contribution is -2.57. The summed E-state index contributed by atoms with van der Waals surface area (Å²) >= 11 is 0. The van der Waals surface area contributed by atoms with E-state index in [9.17, 15) is 14.7 Å². The highest BCUT2D eigenvalue weighted by Crippen LogP contribution is 2.25. The fourth-order valence-electron chi connectivity index (χ4n) is 3.77. The highest BCUT2D eigenvalue weighted by atomic mass is 16.5. The molecule has 0 unspecified atom stereocenters. The lowest BCUT2D eigenvalue weighted by atomic mass is 9.89. The second-order valence-corrected chi connectivity index (χ2v) is 7.91. The number of hydroxylamine groups is 1. The number of ether oxygens (including phenoxy) is 1. The summed E-state index contributed by atoms with van der Waals surface area (Å²) in [5.41, 5.74) is 2.51. The summed E-state index contributed by atoms with van der Waals surface area (Å²) in [7, 11) is 0. The van der Waals surface area contributed by atoms with Crippen LogP contribution in [0.5, 0.6) is 5.75 Å². The maximum Gasteiger partial charge on any atom is 0.272 e. The van der Waals surface area contributed by atoms with E-state index in [0.29, 0.717) is 32.7 Å². The van der Waals surface area contributed by atoms with E-state index in [1.54, 1.807) is 4.90 Å². The van der Waals surface area contributed by atoms with Crippen molar-refractivity contribution in [3.05, 3.63) is 24.3 Å². The van der Waals surface area contributed by atoms with Crippen LogP contribution in [0.2, 0.25) is 0 Å². The molecule has 0 spiro atoms. The number of carbonyl (C=O) groups is 2. The summed E-state index contributed by atoms with van der Waals surface area (Å²) in [6.45, 7) is 10.2. The normalized spacial score (nSPS) is 19.1. The Morgan fingerprint density at radius 1 is 1.24 bits per heavy atom. The van der Waals surface area contributed by atoms with Crippen LogP contribution in [0.3, 0.4) is 0 Å². The van der Waals surface area contributed by atoms with E-state index in [4.69, 9.17) is 9.94 Å². The number of piperazine rings is 1. The number of hydrogen-bond acceptors (Lipinski definition) is 6. The molecule has 3 N–H and O–H groups in total. The number of nitrogens with one attached hydrogen (secondary N) is 1. The van der Waals surface area contributed by atoms with Crippen LogP contribution in [-0.2, 0) is 9.59 Å². The van der Waals surface area contributed by atoms with Gasteiger partial charge < -0.3 is 19.6 Å². The van der Waals surface area contributed by atoms with Crippen LogP contribution >= 0.6 is 0 Å². The molecule has 1 aliphatic rings. The topological polar surface area (TPSA) is 102 Å². The Hall–Kier alpha value is -2.32. The van der Waals surface area contributed by atoms with Gasteiger partial charge in [0.15, 0.2) is 0 Å². The number of rotatable bonds is 8. The molecule has 0 bridgehead atoms. The van der Waals surface area contributed by atoms with Gasteiger partial charge in [0.05, 0.1) is 12.5 Å². The number of anilines is 1. The molecule has 1 heterocycles. The number of aliphatic hydroxyl groups is 1. The Morgan fingerprint density at radius 2 is 1.90 bits per heavy atom. The van der Waals surface area contributed by atoms with Gasteiger partial charge in [0, 0.05) is 31.4 Å². The van der Waals surface area contributed by atoms with Crippen LogP contribution in [0.4, 0.5) is 5.69 Å². The number of carbonyl (C=O) groups excluding carboxylic acids is 2. The molecule has 1 aliphatic heterocycles. The third kappa shape index (κ3) is 5.83. The van der Waals surface area contributed by atoms with Crippen molar-refractivity contribution in [2.24, 2.45) is 11.8 Å². The lowest BCUT2D eigenvalue weighted by Gasteiger charge is -2.42. The fraction of sp³-hybridized carbons (Fsp3) is 0.619. The zero-order valence-corrected chi connectivity index (χ0v) is 17.7. The minimum atomic E-state index is -1.58. The van der Waals surface area contributed by atoms with Gasteiger partial charge in [-0.2, -0.15) is 0 Å². The molecule has 162 valence electrons. The molecule has 8 nitrogen and oxygen atoms in total. The highest BCUT2D eigenvalue weighted by molar-refractivity contribution is 5.89. The van der Waals surface area contributed by atoms with E-state index in [-0.39, 0.29) is 17.9 Å². The van der Waals surface area contributed by atoms with E-state index in [0.717, 1.165) is 11.4 Å². The summed E-state index contributed by atoms with van der Waals surface area (Å²) < 4.78 is 5.48. The van der Waals surface area contributed by atoms with E-state index >= 15 is 0 Å². The minimum Gasteiger partial charge on any atom is -0.494 e. The molecule has 0 radical (unpaired) electrons. The smallest absolute Gasteiger partial charge is 0.272 e. The van der Waals surface area contributed by atoms with Crippen LogP contribution in [0, 0.1) is 11.8 Å². The van der Waals surface area contributed by atoms with Crippen molar-refractivity contribution < 1.29 is 24.6 Å². The van der Waals surface area contributed by atoms with Crippen molar-refractivity contribution in [3.63, 3.8) is 0 Å². The molecule has 2 amide bonds. The first-order valence-corrected chi connectivity index (χ1v) is 10.2. The molecule has 1 aromatic rings. The predicted octanol–water partition coefficient (Wildman–Crippen LogP) is 1.65. The van der Waals surface area contributed by atoms with Crippen molar-refractivity contribution >= 4 is 17.5 Å². The standard InChI is InChI=1S/C21H33N3O5/c1-5-29-17-8-6-16(7-9-17)23-10-11-24(15(4)13-23)21(27)18(12-14(2)3)19(25)20(26)22-28/h6-9,14-15,18-19,25,28H,5,10-13H2,1-4H3,(H,22,26)/t15-,18+,19+/m1/s1. The second kappa shape index (κ2) is 10.5. The highest BCUT2D eigenvalue weighted by Gasteiger charge is 2.38. The molecule has 8 heteroatoms. The van der Waals surface area contributed by atoms with Gasteiger partial charge in [-0.1, -0.05) is 13.8 Å². The van der Waals surface area contributed by atoms with Gasteiger partial charge in [0.2, 0.25) is 5.91 Å². The molecule has 1 fully saturated rings. The van der Waals surface area contributed by atoms with Gasteiger partial charge >= 0.3 is 0 Å². The van der Waals surface area contributed by atoms with Gasteiger partial charge in [-0.3, -0.25) is 14.8 Å². The Bertz CT molecular complexity index is 679. The first-order chi connectivity index (χ1) is 13.8. The zero-order chi connectivity index (χ0) is 21.6. The zero-order valence-electron chi connectivity index (χ0n) is 17.7. The third-order valence-corrected chi connectivity index (χ3v) is 5.23. The van der Waals surface area contributed by atoms with Gasteiger partial charge in [-0.15, -0.1) is 0 Å². The molecule has 0 aromatic heterocycles. The maximum absolute atomic E-state index is 13.1. The van der Waals surface area contributed by atoms with Crippen molar-refractivity contribution in [1.29, 1.82) is 0 Å². The predicted molar refractivity (Wildman–Crippen MR) is 110 cm³/mol. The quantitative estimate of drug-likeness (QED) is 0.447. The number of amides is 2. The van der Waals surface area contributed by atoms with Gasteiger partial charge in [0.25, 0.3) is 5.91 Å². The molecule has 0 saturated carbocycles. The second-order valence-electron chi connectivity index (χ2n) is 7.91. The minimum absolute atomic E-state index is 0.0816. The SMILES string of the molecule is CCOc1ccc(N2CCN(C(=O)[C@@H](CC(C)C)[C@H](O)C(=O)NO)[C@H](C)C2)cc1. The number of nitrogens with zero attached hydrogens (tertiary/aromatic N) is 2. The number of hydrogen-bond donors (Lipinski definition) is 3. The third-order valence-electron chi connectivity index (χ3n) is 5.23. The monoisotopic (exact) mass is 407 g/mol. The summed E-state index contributed by atoms with van der Waals surface area (Å²) in [5.74, 6) is -1.16. The van der Waals surface area contributed by atoms with Crippen molar-refractivity contribution in [2.45, 2.75) is 46.3 Å². The van der Waals surface area contributed by atoms with E-state index in [2.05, 4.69) is 4.90 Å². The first kappa shape index (κ1) is 23.0. The van der Waals surface area contributed by atoms with Gasteiger partial charge in [0.1, 0.15) is 11.9 Å². The van der Waals surface area contributed by atoms with Crippen LogP contribution in [0.15, 0.2) is 24.3 Å². The lowest BCUT2D eigenvalue weighted by molar-refractivity contribution is -0.152. The Kier molecular flexibility index (Phi) is 8.28. The first-order valence-electron chi connectivity index (χ1n) is 10.2. The maximum atomic E-state index is 13.1. The molecule has 0 aliphatic carbocycles. The Balaban J connectivity index is 2.07. The van der Waals surface area contributed by atoms with Gasteiger partial charge in [-0.05, 0) is 50.5 Å². The fourth-order valence-corrected chi connectivity index (χ4v) is 3.77. The van der Waals surface area contributed by atoms with Crippen molar-refractivity contribution in [1.82, 2.24) is 10.4 Å². The summed E-state index contributed by atoms with van der Waals surface area (Å²) in [6.07, 6.45) is -1.22. The van der Waals surface area contributed by atoms with E-state index in [1.807, 2.05) is 52.0 Å². The molecule has 3 atom stereocenters. The van der Waals surface area contributed by atoms with Crippen molar-refractivity contribution in [3.8, 4) is 5.75 Å². The molecule has 2 rings (SSSR count). The molecule has 29 heavy (non-hydrogen) atoms. The van der Waals surface area contributed by atoms with Crippen LogP contribution in [-0.4, -0.2) is 65.4 Å². The Labute approximate surface area is 172 Å². The molecule has 1 saturated heterocycles. The Morgan fingerprint density at radius 3 is 2.41 bits per heavy atom. The van der Waals surface area contributed by atoms with E-state index in [1.165, 1.54) is 5.48 Å². The summed E-state index contributed by atoms with van der Waals surface area (Å²) in [6, 6.07) is 7.80. The van der Waals surface area contributed by atoms with Gasteiger partial charge in [-0.25, -0.2) is 5.48 Å². The van der Waals surface area contributed by atoms with Crippen LogP contribution in [0.1, 0.15) is 34.1 Å². The average Bonchev–Trinajstić information content (AvgIpc) is 2.71. The van der Waals surface area contributed by atoms with Crippen molar-refractivity contribution in [2.75, 3.05) is 31.1 Å². The number of benzene rings is 1. The average molecular weight is 408 g/mol. The number of aliphatic hydroxyl groups excluding tert-OH is 1. The van der Waals surface area contributed by atoms with Crippen LogP contribution in [0.25, 0.3) is 0 Å². The van der Waals surface area contributed by atoms with Crippen LogP contribution < -0.4 is 15.1 Å². The largest absolute Gasteiger partial charge is 0.494 e.